The van der Waals surface area contributed by atoms with E-state index in [2.05, 4.69) is 10.6 Å². The van der Waals surface area contributed by atoms with Gasteiger partial charge >= 0.3 is 6.03 Å². The molecule has 0 aliphatic carbocycles. The Kier molecular flexibility index (Phi) is 3.62. The van der Waals surface area contributed by atoms with E-state index >= 15 is 0 Å². The zero-order valence-corrected chi connectivity index (χ0v) is 12.6. The third-order valence-electron chi connectivity index (χ3n) is 4.00. The van der Waals surface area contributed by atoms with Crippen LogP contribution in [-0.4, -0.2) is 41.1 Å². The number of aliphatic hydroxyl groups is 1. The Morgan fingerprint density at radius 1 is 1.36 bits per heavy atom. The van der Waals surface area contributed by atoms with Gasteiger partial charge in [0.25, 0.3) is 5.91 Å². The molecule has 2 aliphatic heterocycles. The molecule has 0 radical (unpaired) electrons. The van der Waals surface area contributed by atoms with Gasteiger partial charge in [0.15, 0.2) is 0 Å². The first kappa shape index (κ1) is 14.6. The van der Waals surface area contributed by atoms with Gasteiger partial charge in [-0.15, -0.1) is 0 Å². The van der Waals surface area contributed by atoms with Crippen LogP contribution in [0.3, 0.4) is 0 Å². The second-order valence-corrected chi connectivity index (χ2v) is 5.81. The maximum absolute atomic E-state index is 12.6. The molecule has 2 unspecified atom stereocenters. The molecule has 1 aromatic carbocycles. The van der Waals surface area contributed by atoms with Crippen LogP contribution < -0.4 is 10.6 Å². The Labute approximate surface area is 128 Å². The van der Waals surface area contributed by atoms with Gasteiger partial charge in [0.1, 0.15) is 0 Å². The molecule has 0 saturated carbocycles. The lowest BCUT2D eigenvalue weighted by molar-refractivity contribution is -0.126. The maximum Gasteiger partial charge on any atom is 0.319 e. The predicted octanol–water partition coefficient (Wildman–Crippen LogP) is 0.826. The maximum atomic E-state index is 12.6. The SMILES string of the molecule is Cc1ccccc1C1NC(=O)NC2=C1C(=O)N(CC(C)O)C2. The van der Waals surface area contributed by atoms with Gasteiger partial charge < -0.3 is 20.6 Å². The van der Waals surface area contributed by atoms with Gasteiger partial charge in [-0.3, -0.25) is 4.79 Å². The molecule has 22 heavy (non-hydrogen) atoms. The smallest absolute Gasteiger partial charge is 0.319 e. The number of benzene rings is 1. The van der Waals surface area contributed by atoms with E-state index in [0.29, 0.717) is 17.8 Å². The van der Waals surface area contributed by atoms with Crippen LogP contribution in [0, 0.1) is 6.92 Å². The number of hydrogen-bond acceptors (Lipinski definition) is 3. The van der Waals surface area contributed by atoms with Crippen molar-refractivity contribution in [2.45, 2.75) is 26.0 Å². The third kappa shape index (κ3) is 2.46. The van der Waals surface area contributed by atoms with E-state index in [1.54, 1.807) is 11.8 Å². The van der Waals surface area contributed by atoms with Gasteiger partial charge in [0.2, 0.25) is 0 Å². The van der Waals surface area contributed by atoms with E-state index in [1.165, 1.54) is 0 Å². The van der Waals surface area contributed by atoms with Crippen molar-refractivity contribution in [3.63, 3.8) is 0 Å². The molecule has 116 valence electrons. The van der Waals surface area contributed by atoms with Crippen molar-refractivity contribution in [2.24, 2.45) is 0 Å². The Morgan fingerprint density at radius 2 is 2.09 bits per heavy atom. The molecule has 0 fully saturated rings. The van der Waals surface area contributed by atoms with Gasteiger partial charge in [-0.2, -0.15) is 0 Å². The van der Waals surface area contributed by atoms with E-state index < -0.39 is 12.1 Å². The Balaban J connectivity index is 1.98. The summed E-state index contributed by atoms with van der Waals surface area (Å²) in [5.74, 6) is -0.142. The standard InChI is InChI=1S/C16H19N3O3/c1-9-5-3-4-6-11(9)14-13-12(17-16(22)18-14)8-19(15(13)21)7-10(2)20/h3-6,10,14,20H,7-8H2,1-2H3,(H2,17,18,22). The topological polar surface area (TPSA) is 81.7 Å². The number of rotatable bonds is 3. The average Bonchev–Trinajstić information content (AvgIpc) is 2.74. The van der Waals surface area contributed by atoms with Crippen LogP contribution in [0.5, 0.6) is 0 Å². The van der Waals surface area contributed by atoms with Gasteiger partial charge in [0.05, 0.1) is 30.0 Å². The summed E-state index contributed by atoms with van der Waals surface area (Å²) in [5.41, 5.74) is 3.12. The normalized spacial score (nSPS) is 22.3. The fraction of sp³-hybridized carbons (Fsp3) is 0.375. The Hall–Kier alpha value is -2.34. The summed E-state index contributed by atoms with van der Waals surface area (Å²) in [5, 5.41) is 15.1. The van der Waals surface area contributed by atoms with E-state index in [1.807, 2.05) is 31.2 Å². The van der Waals surface area contributed by atoms with Crippen LogP contribution in [0.2, 0.25) is 0 Å². The molecule has 0 aromatic heterocycles. The lowest BCUT2D eigenvalue weighted by Crippen LogP contribution is -2.44. The van der Waals surface area contributed by atoms with Crippen molar-refractivity contribution in [1.29, 1.82) is 0 Å². The molecule has 2 heterocycles. The van der Waals surface area contributed by atoms with E-state index in [9.17, 15) is 14.7 Å². The minimum Gasteiger partial charge on any atom is -0.392 e. The second-order valence-electron chi connectivity index (χ2n) is 5.81. The number of β-amino-alcohol motifs (C(OH)–C–C–N with tert-alkyl or cyclic N) is 1. The van der Waals surface area contributed by atoms with Gasteiger partial charge in [0, 0.05) is 6.54 Å². The van der Waals surface area contributed by atoms with Crippen LogP contribution in [0.25, 0.3) is 0 Å². The largest absolute Gasteiger partial charge is 0.392 e. The zero-order chi connectivity index (χ0) is 15.9. The highest BCUT2D eigenvalue weighted by Crippen LogP contribution is 2.33. The first-order valence-electron chi connectivity index (χ1n) is 7.31. The quantitative estimate of drug-likeness (QED) is 0.773. The summed E-state index contributed by atoms with van der Waals surface area (Å²) >= 11 is 0. The number of hydrogen-bond donors (Lipinski definition) is 3. The van der Waals surface area contributed by atoms with Gasteiger partial charge in [-0.25, -0.2) is 4.79 Å². The van der Waals surface area contributed by atoms with Crippen molar-refractivity contribution in [2.75, 3.05) is 13.1 Å². The highest BCUT2D eigenvalue weighted by atomic mass is 16.3. The molecule has 2 aliphatic rings. The second kappa shape index (κ2) is 5.46. The number of urea groups is 1. The predicted molar refractivity (Wildman–Crippen MR) is 80.9 cm³/mol. The molecule has 0 bridgehead atoms. The van der Waals surface area contributed by atoms with Crippen molar-refractivity contribution in [3.05, 3.63) is 46.7 Å². The molecule has 1 aromatic rings. The number of nitrogens with one attached hydrogen (secondary N) is 2. The number of nitrogens with zero attached hydrogens (tertiary/aromatic N) is 1. The summed E-state index contributed by atoms with van der Waals surface area (Å²) < 4.78 is 0. The van der Waals surface area contributed by atoms with E-state index in [0.717, 1.165) is 11.1 Å². The molecule has 3 N–H and O–H groups in total. The first-order valence-corrected chi connectivity index (χ1v) is 7.31. The number of carbonyl (C=O) groups is 2. The average molecular weight is 301 g/mol. The Morgan fingerprint density at radius 3 is 2.77 bits per heavy atom. The van der Waals surface area contributed by atoms with Crippen molar-refractivity contribution in [3.8, 4) is 0 Å². The van der Waals surface area contributed by atoms with Crippen LogP contribution in [-0.2, 0) is 4.79 Å². The summed E-state index contributed by atoms with van der Waals surface area (Å²) in [4.78, 5) is 26.1. The lowest BCUT2D eigenvalue weighted by atomic mass is 9.93. The Bertz CT molecular complexity index is 666. The molecular formula is C16H19N3O3. The minimum absolute atomic E-state index is 0.142. The number of aryl methyl sites for hydroxylation is 1. The van der Waals surface area contributed by atoms with E-state index in [4.69, 9.17) is 0 Å². The number of carbonyl (C=O) groups excluding carboxylic acids is 2. The fourth-order valence-corrected chi connectivity index (χ4v) is 3.04. The monoisotopic (exact) mass is 301 g/mol. The highest BCUT2D eigenvalue weighted by Gasteiger charge is 2.40. The van der Waals surface area contributed by atoms with Crippen LogP contribution >= 0.6 is 0 Å². The lowest BCUT2D eigenvalue weighted by Gasteiger charge is -2.26. The first-order chi connectivity index (χ1) is 10.5. The fourth-order valence-electron chi connectivity index (χ4n) is 3.04. The van der Waals surface area contributed by atoms with E-state index in [-0.39, 0.29) is 18.5 Å². The van der Waals surface area contributed by atoms with Gasteiger partial charge in [-0.1, -0.05) is 24.3 Å². The summed E-state index contributed by atoms with van der Waals surface area (Å²) in [6, 6.07) is 6.93. The van der Waals surface area contributed by atoms with Crippen molar-refractivity contribution >= 4 is 11.9 Å². The highest BCUT2D eigenvalue weighted by molar-refractivity contribution is 6.01. The molecule has 6 heteroatoms. The molecule has 0 spiro atoms. The summed E-state index contributed by atoms with van der Waals surface area (Å²) in [6.07, 6.45) is -0.606. The molecule has 6 nitrogen and oxygen atoms in total. The summed E-state index contributed by atoms with van der Waals surface area (Å²) in [6.45, 7) is 4.17. The van der Waals surface area contributed by atoms with Crippen molar-refractivity contribution < 1.29 is 14.7 Å². The van der Waals surface area contributed by atoms with Gasteiger partial charge in [-0.05, 0) is 25.0 Å². The van der Waals surface area contributed by atoms with Crippen molar-refractivity contribution in [1.82, 2.24) is 15.5 Å². The minimum atomic E-state index is -0.606. The van der Waals surface area contributed by atoms with Crippen LogP contribution in [0.1, 0.15) is 24.1 Å². The molecule has 2 atom stereocenters. The molecule has 0 saturated heterocycles. The summed E-state index contributed by atoms with van der Waals surface area (Å²) in [7, 11) is 0. The molecule has 3 amide bonds. The van der Waals surface area contributed by atoms with Crippen LogP contribution in [0.15, 0.2) is 35.5 Å². The number of amides is 3. The van der Waals surface area contributed by atoms with Crippen LogP contribution in [0.4, 0.5) is 4.79 Å². The third-order valence-corrected chi connectivity index (χ3v) is 4.00. The number of aliphatic hydroxyl groups excluding tert-OH is 1. The zero-order valence-electron chi connectivity index (χ0n) is 12.6. The molecule has 3 rings (SSSR count). The molecular weight excluding hydrogens is 282 g/mol.